The fourth-order valence-electron chi connectivity index (χ4n) is 2.24. The number of ether oxygens (including phenoxy) is 2. The lowest BCUT2D eigenvalue weighted by atomic mass is 9.96. The molecule has 0 aromatic rings. The molecule has 1 aliphatic heterocycles. The third kappa shape index (κ3) is 3.76. The van der Waals surface area contributed by atoms with E-state index in [1.807, 2.05) is 0 Å². The highest BCUT2D eigenvalue weighted by molar-refractivity contribution is 5.72. The minimum atomic E-state index is -0.0661. The normalized spacial score (nSPS) is 24.1. The number of rotatable bonds is 5. The number of hydrogen-bond donors (Lipinski definition) is 0. The zero-order chi connectivity index (χ0) is 12.0. The zero-order valence-electron chi connectivity index (χ0n) is 10.6. The first kappa shape index (κ1) is 13.5. The molecule has 0 saturated carbocycles. The van der Waals surface area contributed by atoms with Crippen molar-refractivity contribution in [3.63, 3.8) is 0 Å². The van der Waals surface area contributed by atoms with Gasteiger partial charge in [0.2, 0.25) is 0 Å². The SMILES string of the molecule is COCCC(C)N1CCC[C@H](C(=O)OC)C1. The molecule has 16 heavy (non-hydrogen) atoms. The Morgan fingerprint density at radius 3 is 2.88 bits per heavy atom. The van der Waals surface area contributed by atoms with Crippen molar-refractivity contribution in [1.29, 1.82) is 0 Å². The molecule has 1 saturated heterocycles. The van der Waals surface area contributed by atoms with E-state index >= 15 is 0 Å². The largest absolute Gasteiger partial charge is 0.469 e. The van der Waals surface area contributed by atoms with Crippen molar-refractivity contribution in [2.75, 3.05) is 33.9 Å². The van der Waals surface area contributed by atoms with Crippen LogP contribution >= 0.6 is 0 Å². The highest BCUT2D eigenvalue weighted by Gasteiger charge is 2.28. The van der Waals surface area contributed by atoms with E-state index in [0.717, 1.165) is 39.0 Å². The van der Waals surface area contributed by atoms with Crippen LogP contribution in [0.15, 0.2) is 0 Å². The first-order chi connectivity index (χ1) is 7.69. The van der Waals surface area contributed by atoms with Crippen molar-refractivity contribution in [2.24, 2.45) is 5.92 Å². The van der Waals surface area contributed by atoms with E-state index in [1.54, 1.807) is 7.11 Å². The molecule has 2 atom stereocenters. The summed E-state index contributed by atoms with van der Waals surface area (Å²) in [6.07, 6.45) is 3.06. The fraction of sp³-hybridized carbons (Fsp3) is 0.917. The van der Waals surface area contributed by atoms with Crippen molar-refractivity contribution in [3.8, 4) is 0 Å². The van der Waals surface area contributed by atoms with Gasteiger partial charge in [0, 0.05) is 26.3 Å². The molecule has 0 aromatic carbocycles. The third-order valence-electron chi connectivity index (χ3n) is 3.35. The van der Waals surface area contributed by atoms with Crippen LogP contribution in [0.3, 0.4) is 0 Å². The van der Waals surface area contributed by atoms with E-state index in [9.17, 15) is 4.79 Å². The molecule has 4 heteroatoms. The topological polar surface area (TPSA) is 38.8 Å². The minimum Gasteiger partial charge on any atom is -0.469 e. The zero-order valence-corrected chi connectivity index (χ0v) is 10.6. The van der Waals surface area contributed by atoms with E-state index in [2.05, 4.69) is 11.8 Å². The summed E-state index contributed by atoms with van der Waals surface area (Å²) in [5, 5.41) is 0. The van der Waals surface area contributed by atoms with Crippen molar-refractivity contribution < 1.29 is 14.3 Å². The van der Waals surface area contributed by atoms with Crippen LogP contribution < -0.4 is 0 Å². The van der Waals surface area contributed by atoms with Crippen LogP contribution in [-0.4, -0.2) is 50.8 Å². The Morgan fingerprint density at radius 1 is 1.50 bits per heavy atom. The molecule has 0 radical (unpaired) electrons. The molecule has 1 fully saturated rings. The van der Waals surface area contributed by atoms with E-state index in [-0.39, 0.29) is 11.9 Å². The van der Waals surface area contributed by atoms with Crippen LogP contribution in [0.1, 0.15) is 26.2 Å². The summed E-state index contributed by atoms with van der Waals surface area (Å²) < 4.78 is 9.89. The van der Waals surface area contributed by atoms with Gasteiger partial charge in [-0.25, -0.2) is 0 Å². The van der Waals surface area contributed by atoms with E-state index in [1.165, 1.54) is 7.11 Å². The number of methoxy groups -OCH3 is 2. The number of likely N-dealkylation sites (tertiary alicyclic amines) is 1. The van der Waals surface area contributed by atoms with E-state index in [4.69, 9.17) is 9.47 Å². The Labute approximate surface area is 97.9 Å². The van der Waals surface area contributed by atoms with Gasteiger partial charge in [-0.3, -0.25) is 9.69 Å². The molecule has 4 nitrogen and oxygen atoms in total. The molecule has 1 unspecified atom stereocenters. The maximum atomic E-state index is 11.5. The van der Waals surface area contributed by atoms with Gasteiger partial charge in [-0.05, 0) is 32.7 Å². The molecule has 1 heterocycles. The second-order valence-electron chi connectivity index (χ2n) is 4.49. The third-order valence-corrected chi connectivity index (χ3v) is 3.35. The van der Waals surface area contributed by atoms with Gasteiger partial charge in [0.25, 0.3) is 0 Å². The Bertz CT molecular complexity index is 220. The number of hydrogen-bond acceptors (Lipinski definition) is 4. The number of carbonyl (C=O) groups excluding carboxylic acids is 1. The molecule has 0 bridgehead atoms. The van der Waals surface area contributed by atoms with Crippen molar-refractivity contribution >= 4 is 5.97 Å². The molecular formula is C12H23NO3. The molecular weight excluding hydrogens is 206 g/mol. The van der Waals surface area contributed by atoms with Gasteiger partial charge in [0.15, 0.2) is 0 Å². The number of nitrogens with zero attached hydrogens (tertiary/aromatic N) is 1. The monoisotopic (exact) mass is 229 g/mol. The number of esters is 1. The Hall–Kier alpha value is -0.610. The Balaban J connectivity index is 2.40. The number of carbonyl (C=O) groups is 1. The molecule has 0 spiro atoms. The quantitative estimate of drug-likeness (QED) is 0.666. The molecule has 0 N–H and O–H groups in total. The van der Waals surface area contributed by atoms with Gasteiger partial charge < -0.3 is 9.47 Å². The molecule has 0 aliphatic carbocycles. The van der Waals surface area contributed by atoms with E-state index in [0.29, 0.717) is 6.04 Å². The molecule has 1 aliphatic rings. The summed E-state index contributed by atoms with van der Waals surface area (Å²) in [6.45, 7) is 4.88. The fourth-order valence-corrected chi connectivity index (χ4v) is 2.24. The molecule has 1 rings (SSSR count). The maximum Gasteiger partial charge on any atom is 0.309 e. The summed E-state index contributed by atoms with van der Waals surface area (Å²) in [4.78, 5) is 13.8. The smallest absolute Gasteiger partial charge is 0.309 e. The molecule has 94 valence electrons. The predicted molar refractivity (Wildman–Crippen MR) is 62.3 cm³/mol. The van der Waals surface area contributed by atoms with E-state index < -0.39 is 0 Å². The molecule has 0 aromatic heterocycles. The van der Waals surface area contributed by atoms with Crippen molar-refractivity contribution in [2.45, 2.75) is 32.2 Å². The summed E-state index contributed by atoms with van der Waals surface area (Å²) in [7, 11) is 3.19. The maximum absolute atomic E-state index is 11.5. The van der Waals surface area contributed by atoms with Gasteiger partial charge in [-0.1, -0.05) is 0 Å². The van der Waals surface area contributed by atoms with Gasteiger partial charge in [0.05, 0.1) is 13.0 Å². The van der Waals surface area contributed by atoms with Crippen molar-refractivity contribution in [3.05, 3.63) is 0 Å². The molecule has 0 amide bonds. The Morgan fingerprint density at radius 2 is 2.25 bits per heavy atom. The second-order valence-corrected chi connectivity index (χ2v) is 4.49. The summed E-state index contributed by atoms with van der Waals surface area (Å²) in [5.74, 6) is -0.00705. The van der Waals surface area contributed by atoms with Crippen molar-refractivity contribution in [1.82, 2.24) is 4.90 Å². The van der Waals surface area contributed by atoms with Crippen LogP contribution in [0.2, 0.25) is 0 Å². The van der Waals surface area contributed by atoms with Gasteiger partial charge in [-0.15, -0.1) is 0 Å². The lowest BCUT2D eigenvalue weighted by Gasteiger charge is -2.35. The first-order valence-electron chi connectivity index (χ1n) is 5.99. The van der Waals surface area contributed by atoms with Crippen LogP contribution in [0, 0.1) is 5.92 Å². The highest BCUT2D eigenvalue weighted by atomic mass is 16.5. The highest BCUT2D eigenvalue weighted by Crippen LogP contribution is 2.20. The van der Waals surface area contributed by atoms with Crippen LogP contribution in [0.4, 0.5) is 0 Å². The minimum absolute atomic E-state index is 0.0590. The average molecular weight is 229 g/mol. The van der Waals surface area contributed by atoms with Gasteiger partial charge in [-0.2, -0.15) is 0 Å². The van der Waals surface area contributed by atoms with Crippen LogP contribution in [0.25, 0.3) is 0 Å². The summed E-state index contributed by atoms with van der Waals surface area (Å²) >= 11 is 0. The lowest BCUT2D eigenvalue weighted by Crippen LogP contribution is -2.44. The first-order valence-corrected chi connectivity index (χ1v) is 5.99. The van der Waals surface area contributed by atoms with Gasteiger partial charge >= 0.3 is 5.97 Å². The average Bonchev–Trinajstić information content (AvgIpc) is 2.35. The standard InChI is InChI=1S/C12H23NO3/c1-10(6-8-15-2)13-7-4-5-11(9-13)12(14)16-3/h10-11H,4-9H2,1-3H3/t10?,11-/m0/s1. The van der Waals surface area contributed by atoms with Crippen LogP contribution in [0.5, 0.6) is 0 Å². The Kier molecular flexibility index (Phi) is 5.77. The second kappa shape index (κ2) is 6.86. The van der Waals surface area contributed by atoms with Gasteiger partial charge in [0.1, 0.15) is 0 Å². The predicted octanol–water partition coefficient (Wildman–Crippen LogP) is 1.30. The summed E-state index contributed by atoms with van der Waals surface area (Å²) in [5.41, 5.74) is 0. The lowest BCUT2D eigenvalue weighted by molar-refractivity contribution is -0.147. The van der Waals surface area contributed by atoms with Crippen LogP contribution in [-0.2, 0) is 14.3 Å². The number of piperidine rings is 1. The summed E-state index contributed by atoms with van der Waals surface area (Å²) in [6, 6.07) is 0.479.